The lowest BCUT2D eigenvalue weighted by Gasteiger charge is -2.35. The first kappa shape index (κ1) is 9.95. The fraction of sp³-hybridized carbons (Fsp3) is 0.909. The lowest BCUT2D eigenvalue weighted by molar-refractivity contribution is -0.187. The van der Waals surface area contributed by atoms with Crippen molar-refractivity contribution in [3.05, 3.63) is 0 Å². The van der Waals surface area contributed by atoms with Crippen LogP contribution in [0.4, 0.5) is 0 Å². The molecule has 1 aliphatic heterocycles. The third-order valence-electron chi connectivity index (χ3n) is 3.25. The third kappa shape index (κ3) is 2.08. The van der Waals surface area contributed by atoms with E-state index >= 15 is 0 Å². The number of hydrogen-bond donors (Lipinski definition) is 0. The van der Waals surface area contributed by atoms with E-state index in [1.165, 1.54) is 12.8 Å². The molecule has 3 heteroatoms. The SMILES string of the molecule is N#CCCC1CCCC2(C1)OCCO2. The first-order valence-corrected chi connectivity index (χ1v) is 5.49. The third-order valence-corrected chi connectivity index (χ3v) is 3.25. The van der Waals surface area contributed by atoms with Crippen molar-refractivity contribution in [1.82, 2.24) is 0 Å². The predicted molar refractivity (Wildman–Crippen MR) is 51.4 cm³/mol. The van der Waals surface area contributed by atoms with Gasteiger partial charge in [0.05, 0.1) is 19.3 Å². The predicted octanol–water partition coefficient (Wildman–Crippen LogP) is 2.22. The second-order valence-corrected chi connectivity index (χ2v) is 4.27. The van der Waals surface area contributed by atoms with E-state index in [1.807, 2.05) is 0 Å². The zero-order chi connectivity index (χ0) is 9.86. The summed E-state index contributed by atoms with van der Waals surface area (Å²) in [7, 11) is 0. The van der Waals surface area contributed by atoms with E-state index in [1.54, 1.807) is 0 Å². The van der Waals surface area contributed by atoms with E-state index < -0.39 is 0 Å². The molecule has 1 heterocycles. The summed E-state index contributed by atoms with van der Waals surface area (Å²) in [5, 5.41) is 8.54. The highest BCUT2D eigenvalue weighted by Crippen LogP contribution is 2.40. The molecule has 1 saturated heterocycles. The van der Waals surface area contributed by atoms with Crippen LogP contribution in [0.3, 0.4) is 0 Å². The Morgan fingerprint density at radius 1 is 1.36 bits per heavy atom. The molecule has 1 spiro atoms. The van der Waals surface area contributed by atoms with E-state index in [4.69, 9.17) is 14.7 Å². The summed E-state index contributed by atoms with van der Waals surface area (Å²) >= 11 is 0. The van der Waals surface area contributed by atoms with Crippen LogP contribution < -0.4 is 0 Å². The molecule has 0 amide bonds. The highest BCUT2D eigenvalue weighted by Gasteiger charge is 2.40. The zero-order valence-electron chi connectivity index (χ0n) is 8.50. The van der Waals surface area contributed by atoms with Gasteiger partial charge in [-0.15, -0.1) is 0 Å². The van der Waals surface area contributed by atoms with Crippen molar-refractivity contribution in [2.24, 2.45) is 5.92 Å². The normalized spacial score (nSPS) is 30.4. The van der Waals surface area contributed by atoms with Gasteiger partial charge in [-0.25, -0.2) is 0 Å². The first-order valence-electron chi connectivity index (χ1n) is 5.49. The minimum Gasteiger partial charge on any atom is -0.348 e. The van der Waals surface area contributed by atoms with Crippen molar-refractivity contribution in [3.63, 3.8) is 0 Å². The molecule has 14 heavy (non-hydrogen) atoms. The largest absolute Gasteiger partial charge is 0.348 e. The summed E-state index contributed by atoms with van der Waals surface area (Å²) in [4.78, 5) is 0. The van der Waals surface area contributed by atoms with E-state index in [2.05, 4.69) is 6.07 Å². The van der Waals surface area contributed by atoms with Gasteiger partial charge >= 0.3 is 0 Å². The Balaban J connectivity index is 1.87. The minimum atomic E-state index is -0.266. The number of hydrogen-bond acceptors (Lipinski definition) is 3. The standard InChI is InChI=1S/C11H17NO2/c12-6-2-4-10-3-1-5-11(9-10)13-7-8-14-11/h10H,1-5,7-9H2. The van der Waals surface area contributed by atoms with Crippen LogP contribution in [-0.2, 0) is 9.47 Å². The van der Waals surface area contributed by atoms with Crippen LogP contribution in [0, 0.1) is 17.2 Å². The van der Waals surface area contributed by atoms with Crippen molar-refractivity contribution < 1.29 is 9.47 Å². The monoisotopic (exact) mass is 195 g/mol. The molecule has 0 bridgehead atoms. The van der Waals surface area contributed by atoms with Crippen molar-refractivity contribution in [3.8, 4) is 6.07 Å². The van der Waals surface area contributed by atoms with Gasteiger partial charge in [0.15, 0.2) is 5.79 Å². The molecule has 1 atom stereocenters. The molecule has 1 unspecified atom stereocenters. The maximum absolute atomic E-state index is 8.54. The van der Waals surface area contributed by atoms with E-state index in [9.17, 15) is 0 Å². The fourth-order valence-electron chi connectivity index (χ4n) is 2.58. The number of ether oxygens (including phenoxy) is 2. The van der Waals surface area contributed by atoms with E-state index in [-0.39, 0.29) is 5.79 Å². The first-order chi connectivity index (χ1) is 6.85. The summed E-state index contributed by atoms with van der Waals surface area (Å²) in [5.74, 6) is 0.361. The van der Waals surface area contributed by atoms with Crippen LogP contribution in [0.2, 0.25) is 0 Å². The molecule has 0 radical (unpaired) electrons. The van der Waals surface area contributed by atoms with Crippen LogP contribution in [-0.4, -0.2) is 19.0 Å². The Morgan fingerprint density at radius 2 is 2.14 bits per heavy atom. The second-order valence-electron chi connectivity index (χ2n) is 4.27. The van der Waals surface area contributed by atoms with Gasteiger partial charge in [-0.2, -0.15) is 5.26 Å². The summed E-state index contributed by atoms with van der Waals surface area (Å²) in [6.45, 7) is 1.48. The Hall–Kier alpha value is -0.590. The Kier molecular flexibility index (Phi) is 3.05. The number of nitriles is 1. The smallest absolute Gasteiger partial charge is 0.168 e. The summed E-state index contributed by atoms with van der Waals surface area (Å²) in [5.41, 5.74) is 0. The van der Waals surface area contributed by atoms with Gasteiger partial charge in [-0.3, -0.25) is 0 Å². The van der Waals surface area contributed by atoms with Gasteiger partial charge in [-0.1, -0.05) is 6.42 Å². The van der Waals surface area contributed by atoms with Crippen LogP contribution in [0.25, 0.3) is 0 Å². The minimum absolute atomic E-state index is 0.266. The van der Waals surface area contributed by atoms with Crippen molar-refractivity contribution in [2.75, 3.05) is 13.2 Å². The number of nitrogens with zero attached hydrogens (tertiary/aromatic N) is 1. The van der Waals surface area contributed by atoms with Gasteiger partial charge in [-0.05, 0) is 18.8 Å². The highest BCUT2D eigenvalue weighted by molar-refractivity contribution is 4.84. The maximum Gasteiger partial charge on any atom is 0.168 e. The van der Waals surface area contributed by atoms with E-state index in [0.717, 1.165) is 32.5 Å². The van der Waals surface area contributed by atoms with Gasteiger partial charge in [0.1, 0.15) is 0 Å². The van der Waals surface area contributed by atoms with Crippen LogP contribution in [0.1, 0.15) is 38.5 Å². The topological polar surface area (TPSA) is 42.2 Å². The Bertz CT molecular complexity index is 228. The molecule has 0 aromatic carbocycles. The molecule has 0 N–H and O–H groups in total. The number of rotatable bonds is 2. The lowest BCUT2D eigenvalue weighted by Crippen LogP contribution is -2.36. The molecule has 1 aliphatic carbocycles. The van der Waals surface area contributed by atoms with Gasteiger partial charge in [0.2, 0.25) is 0 Å². The maximum atomic E-state index is 8.54. The molecular formula is C11H17NO2. The Morgan fingerprint density at radius 3 is 2.86 bits per heavy atom. The summed E-state index contributed by atoms with van der Waals surface area (Å²) < 4.78 is 11.4. The Labute approximate surface area is 85.0 Å². The van der Waals surface area contributed by atoms with Crippen molar-refractivity contribution in [1.29, 1.82) is 5.26 Å². The molecule has 3 nitrogen and oxygen atoms in total. The second kappa shape index (κ2) is 4.29. The quantitative estimate of drug-likeness (QED) is 0.678. The average molecular weight is 195 g/mol. The van der Waals surface area contributed by atoms with Gasteiger partial charge < -0.3 is 9.47 Å². The molecule has 2 fully saturated rings. The molecular weight excluding hydrogens is 178 g/mol. The summed E-state index contributed by atoms with van der Waals surface area (Å²) in [6.07, 6.45) is 6.11. The molecule has 0 aromatic rings. The molecule has 1 saturated carbocycles. The lowest BCUT2D eigenvalue weighted by atomic mass is 9.82. The summed E-state index contributed by atoms with van der Waals surface area (Å²) in [6, 6.07) is 2.21. The molecule has 78 valence electrons. The average Bonchev–Trinajstić information content (AvgIpc) is 2.63. The fourth-order valence-corrected chi connectivity index (χ4v) is 2.58. The van der Waals surface area contributed by atoms with Gasteiger partial charge in [0, 0.05) is 19.3 Å². The van der Waals surface area contributed by atoms with Crippen LogP contribution in [0.15, 0.2) is 0 Å². The highest BCUT2D eigenvalue weighted by atomic mass is 16.7. The molecule has 0 aromatic heterocycles. The van der Waals surface area contributed by atoms with Crippen LogP contribution in [0.5, 0.6) is 0 Å². The molecule has 2 rings (SSSR count). The van der Waals surface area contributed by atoms with Crippen molar-refractivity contribution in [2.45, 2.75) is 44.3 Å². The van der Waals surface area contributed by atoms with Crippen molar-refractivity contribution >= 4 is 0 Å². The van der Waals surface area contributed by atoms with E-state index in [0.29, 0.717) is 12.3 Å². The van der Waals surface area contributed by atoms with Gasteiger partial charge in [0.25, 0.3) is 0 Å². The zero-order valence-corrected chi connectivity index (χ0v) is 8.50. The van der Waals surface area contributed by atoms with Crippen LogP contribution >= 0.6 is 0 Å². The molecule has 2 aliphatic rings.